The predicted molar refractivity (Wildman–Crippen MR) is 150 cm³/mol. The lowest BCUT2D eigenvalue weighted by molar-refractivity contribution is -0.617. The van der Waals surface area contributed by atoms with Gasteiger partial charge in [-0.1, -0.05) is 54.6 Å². The number of aromatic nitrogens is 2. The van der Waals surface area contributed by atoms with E-state index in [1.165, 1.54) is 43.9 Å². The minimum atomic E-state index is 0.841. The van der Waals surface area contributed by atoms with Crippen LogP contribution in [0.4, 0.5) is 0 Å². The largest absolute Gasteiger partial charge is 0.456 e. The van der Waals surface area contributed by atoms with E-state index in [-0.39, 0.29) is 0 Å². The molecule has 0 fully saturated rings. The molecule has 174 valence electrons. The summed E-state index contributed by atoms with van der Waals surface area (Å²) in [4.78, 5) is 0. The summed E-state index contributed by atoms with van der Waals surface area (Å²) in [5, 5.41) is 8.28. The lowest BCUT2D eigenvalue weighted by Crippen LogP contribution is -2.27. The minimum absolute atomic E-state index is 0.841. The van der Waals surface area contributed by atoms with E-state index in [1.54, 1.807) is 0 Å². The molecule has 0 aliphatic rings. The van der Waals surface area contributed by atoms with Crippen LogP contribution in [0.1, 0.15) is 5.56 Å². The van der Waals surface area contributed by atoms with E-state index in [4.69, 9.17) is 8.83 Å². The van der Waals surface area contributed by atoms with Gasteiger partial charge < -0.3 is 8.83 Å². The van der Waals surface area contributed by atoms with Gasteiger partial charge in [0.2, 0.25) is 0 Å². The zero-order valence-corrected chi connectivity index (χ0v) is 20.4. The maximum atomic E-state index is 6.46. The third kappa shape index (κ3) is 2.27. The molecule has 0 N–H and O–H groups in total. The molecule has 0 aliphatic heterocycles. The van der Waals surface area contributed by atoms with Crippen molar-refractivity contribution in [1.82, 2.24) is 4.40 Å². The van der Waals surface area contributed by atoms with Gasteiger partial charge in [0.05, 0.1) is 17.8 Å². The van der Waals surface area contributed by atoms with Crippen molar-refractivity contribution in [2.45, 2.75) is 6.92 Å². The lowest BCUT2D eigenvalue weighted by atomic mass is 10.0. The summed E-state index contributed by atoms with van der Waals surface area (Å²) >= 11 is 0. The average molecular weight is 478 g/mol. The molecule has 4 nitrogen and oxygen atoms in total. The number of hydrogen-bond donors (Lipinski definition) is 0. The number of pyridine rings is 1. The maximum Gasteiger partial charge on any atom is 0.295 e. The molecule has 0 unspecified atom stereocenters. The number of hydrogen-bond acceptors (Lipinski definition) is 2. The lowest BCUT2D eigenvalue weighted by Gasteiger charge is -2.06. The SMILES string of the molecule is Cc1cccc2c3ccccc3n3c4c5c(ccc4[n+](C)c3c12)oc1cc2oc3ccccc3c2cc15. The zero-order valence-electron chi connectivity index (χ0n) is 20.4. The first-order valence-corrected chi connectivity index (χ1v) is 12.6. The molecule has 0 amide bonds. The van der Waals surface area contributed by atoms with Crippen molar-refractivity contribution in [3.63, 3.8) is 0 Å². The highest BCUT2D eigenvalue weighted by Gasteiger charge is 2.28. The van der Waals surface area contributed by atoms with E-state index in [9.17, 15) is 0 Å². The quantitative estimate of drug-likeness (QED) is 0.163. The van der Waals surface area contributed by atoms with Crippen LogP contribution in [0.25, 0.3) is 82.2 Å². The Labute approximate surface area is 210 Å². The Morgan fingerprint density at radius 2 is 1.35 bits per heavy atom. The maximum absolute atomic E-state index is 6.46. The molecule has 9 aromatic rings. The molecule has 0 spiro atoms. The van der Waals surface area contributed by atoms with Crippen molar-refractivity contribution < 1.29 is 13.4 Å². The zero-order chi connectivity index (χ0) is 24.4. The number of rotatable bonds is 0. The monoisotopic (exact) mass is 477 g/mol. The second-order valence-electron chi connectivity index (χ2n) is 10.1. The number of para-hydroxylation sites is 2. The molecule has 4 heterocycles. The highest BCUT2D eigenvalue weighted by atomic mass is 16.3. The van der Waals surface area contributed by atoms with Crippen LogP contribution in [0.2, 0.25) is 0 Å². The first-order chi connectivity index (χ1) is 18.2. The summed E-state index contributed by atoms with van der Waals surface area (Å²) in [6.07, 6.45) is 0. The van der Waals surface area contributed by atoms with Gasteiger partial charge in [0.25, 0.3) is 5.65 Å². The Balaban J connectivity index is 1.60. The normalized spacial score (nSPS) is 12.6. The molecule has 9 rings (SSSR count). The van der Waals surface area contributed by atoms with Crippen molar-refractivity contribution in [1.29, 1.82) is 0 Å². The molecule has 0 saturated carbocycles. The first-order valence-electron chi connectivity index (χ1n) is 12.6. The van der Waals surface area contributed by atoms with Gasteiger partial charge in [-0.3, -0.25) is 0 Å². The Bertz CT molecular complexity index is 2440. The second kappa shape index (κ2) is 6.48. The third-order valence-electron chi connectivity index (χ3n) is 8.13. The number of aryl methyl sites for hydroxylation is 2. The summed E-state index contributed by atoms with van der Waals surface area (Å²) in [6, 6.07) is 32.1. The van der Waals surface area contributed by atoms with Crippen LogP contribution >= 0.6 is 0 Å². The highest BCUT2D eigenvalue weighted by molar-refractivity contribution is 6.23. The Morgan fingerprint density at radius 1 is 0.595 bits per heavy atom. The summed E-state index contributed by atoms with van der Waals surface area (Å²) in [7, 11) is 2.17. The van der Waals surface area contributed by atoms with Gasteiger partial charge in [-0.05, 0) is 42.8 Å². The van der Waals surface area contributed by atoms with E-state index >= 15 is 0 Å². The van der Waals surface area contributed by atoms with E-state index in [0.717, 1.165) is 43.9 Å². The Hall–Kier alpha value is -4.83. The summed E-state index contributed by atoms with van der Waals surface area (Å²) in [6.45, 7) is 2.21. The number of nitrogens with zero attached hydrogens (tertiary/aromatic N) is 2. The molecule has 0 saturated heterocycles. The number of fused-ring (bicyclic) bond motifs is 15. The fourth-order valence-corrected chi connectivity index (χ4v) is 6.52. The Morgan fingerprint density at radius 3 is 2.27 bits per heavy atom. The topological polar surface area (TPSA) is 34.6 Å². The predicted octanol–water partition coefficient (Wildman–Crippen LogP) is 8.33. The standard InChI is InChI=1S/C33H21N2O2/c1-18-8-7-11-21-19-9-3-5-12-24(19)35-32-25(34(2)33(35)30(18)21)14-15-27-31(32)23-16-22-20-10-4-6-13-26(20)36-28(22)17-29(23)37-27/h3-17H,1-2H3/q+1. The van der Waals surface area contributed by atoms with Gasteiger partial charge in [-0.15, -0.1) is 0 Å². The molecule has 4 heteroatoms. The minimum Gasteiger partial charge on any atom is -0.456 e. The van der Waals surface area contributed by atoms with Crippen LogP contribution in [-0.4, -0.2) is 4.40 Å². The van der Waals surface area contributed by atoms with Crippen molar-refractivity contribution in [2.24, 2.45) is 7.05 Å². The van der Waals surface area contributed by atoms with E-state index in [0.29, 0.717) is 0 Å². The molecule has 5 aromatic carbocycles. The second-order valence-corrected chi connectivity index (χ2v) is 10.1. The average Bonchev–Trinajstić information content (AvgIpc) is 3.56. The van der Waals surface area contributed by atoms with Gasteiger partial charge in [0, 0.05) is 33.0 Å². The van der Waals surface area contributed by atoms with Gasteiger partial charge in [-0.25, -0.2) is 4.57 Å². The van der Waals surface area contributed by atoms with Crippen molar-refractivity contribution >= 4 is 82.2 Å². The van der Waals surface area contributed by atoms with E-state index in [2.05, 4.69) is 95.7 Å². The third-order valence-corrected chi connectivity index (χ3v) is 8.13. The number of benzene rings is 5. The molecule has 0 aliphatic carbocycles. The Kier molecular flexibility index (Phi) is 3.39. The van der Waals surface area contributed by atoms with Crippen LogP contribution in [0.5, 0.6) is 0 Å². The van der Waals surface area contributed by atoms with Crippen LogP contribution < -0.4 is 4.57 Å². The van der Waals surface area contributed by atoms with Crippen LogP contribution in [-0.2, 0) is 7.05 Å². The fraction of sp³-hybridized carbons (Fsp3) is 0.0606. The number of furan rings is 2. The first kappa shape index (κ1) is 19.4. The van der Waals surface area contributed by atoms with Crippen LogP contribution in [0.15, 0.2) is 99.8 Å². The summed E-state index contributed by atoms with van der Waals surface area (Å²) in [5.41, 5.74) is 9.47. The highest BCUT2D eigenvalue weighted by Crippen LogP contribution is 2.41. The van der Waals surface area contributed by atoms with Crippen LogP contribution in [0, 0.1) is 6.92 Å². The van der Waals surface area contributed by atoms with Crippen molar-refractivity contribution in [3.05, 3.63) is 96.6 Å². The van der Waals surface area contributed by atoms with E-state index in [1.807, 2.05) is 18.2 Å². The molecular formula is C33H21N2O2+. The molecule has 0 radical (unpaired) electrons. The summed E-state index contributed by atoms with van der Waals surface area (Å²) in [5.74, 6) is 0. The molecule has 4 aromatic heterocycles. The van der Waals surface area contributed by atoms with Crippen LogP contribution in [0.3, 0.4) is 0 Å². The summed E-state index contributed by atoms with van der Waals surface area (Å²) < 4.78 is 17.4. The van der Waals surface area contributed by atoms with Crippen molar-refractivity contribution in [3.8, 4) is 0 Å². The molecule has 0 atom stereocenters. The van der Waals surface area contributed by atoms with E-state index < -0.39 is 0 Å². The smallest absolute Gasteiger partial charge is 0.295 e. The van der Waals surface area contributed by atoms with Crippen molar-refractivity contribution in [2.75, 3.05) is 0 Å². The van der Waals surface area contributed by atoms with Gasteiger partial charge in [-0.2, -0.15) is 4.40 Å². The molecule has 37 heavy (non-hydrogen) atoms. The van der Waals surface area contributed by atoms with Gasteiger partial charge in [0.15, 0.2) is 11.0 Å². The molecule has 0 bridgehead atoms. The molecular weight excluding hydrogens is 456 g/mol. The van der Waals surface area contributed by atoms with Gasteiger partial charge in [0.1, 0.15) is 27.8 Å². The number of imidazole rings is 1. The fourth-order valence-electron chi connectivity index (χ4n) is 6.52. The van der Waals surface area contributed by atoms with Gasteiger partial charge >= 0.3 is 0 Å².